The van der Waals surface area contributed by atoms with E-state index in [1.165, 1.54) is 5.56 Å². The summed E-state index contributed by atoms with van der Waals surface area (Å²) in [6.45, 7) is 8.92. The smallest absolute Gasteiger partial charge is 0.226 e. The topological polar surface area (TPSA) is 49.4 Å². The van der Waals surface area contributed by atoms with Gasteiger partial charge in [0.05, 0.1) is 0 Å². The predicted molar refractivity (Wildman–Crippen MR) is 116 cm³/mol. The average molecular weight is 381 g/mol. The Hall–Kier alpha value is -2.62. The molecule has 0 aliphatic rings. The van der Waals surface area contributed by atoms with Gasteiger partial charge in [0.2, 0.25) is 11.8 Å². The van der Waals surface area contributed by atoms with Crippen LogP contribution in [0.1, 0.15) is 56.2 Å². The molecule has 0 radical (unpaired) electrons. The molecule has 4 nitrogen and oxygen atoms in total. The Balaban J connectivity index is 1.88. The quantitative estimate of drug-likeness (QED) is 0.671. The second-order valence-corrected chi connectivity index (χ2v) is 7.59. The average Bonchev–Trinajstić information content (AvgIpc) is 2.66. The highest BCUT2D eigenvalue weighted by molar-refractivity contribution is 5.92. The van der Waals surface area contributed by atoms with Crippen LogP contribution in [-0.4, -0.2) is 29.8 Å². The third kappa shape index (κ3) is 6.52. The summed E-state index contributed by atoms with van der Waals surface area (Å²) in [5, 5.41) is 3.06. The van der Waals surface area contributed by atoms with E-state index < -0.39 is 0 Å². The number of carbonyl (C=O) groups is 2. The van der Waals surface area contributed by atoms with Gasteiger partial charge in [0.25, 0.3) is 0 Å². The van der Waals surface area contributed by atoms with Crippen molar-refractivity contribution < 1.29 is 9.59 Å². The van der Waals surface area contributed by atoms with Crippen LogP contribution in [0.25, 0.3) is 0 Å². The molecule has 0 spiro atoms. The molecule has 0 atom stereocenters. The van der Waals surface area contributed by atoms with Crippen molar-refractivity contribution in [3.8, 4) is 0 Å². The van der Waals surface area contributed by atoms with Gasteiger partial charge in [-0.1, -0.05) is 62.4 Å². The van der Waals surface area contributed by atoms with E-state index >= 15 is 0 Å². The Bertz CT molecular complexity index is 784. The van der Waals surface area contributed by atoms with E-state index in [1.807, 2.05) is 37.3 Å². The third-order valence-corrected chi connectivity index (χ3v) is 4.98. The molecule has 2 aromatic carbocycles. The van der Waals surface area contributed by atoms with Crippen molar-refractivity contribution in [1.29, 1.82) is 0 Å². The van der Waals surface area contributed by atoms with E-state index in [2.05, 4.69) is 37.4 Å². The molecule has 1 N–H and O–H groups in total. The third-order valence-electron chi connectivity index (χ3n) is 4.98. The molecule has 150 valence electrons. The first-order valence-corrected chi connectivity index (χ1v) is 10.1. The number of nitrogens with one attached hydrogen (secondary N) is 1. The van der Waals surface area contributed by atoms with E-state index in [-0.39, 0.29) is 11.8 Å². The van der Waals surface area contributed by atoms with Crippen molar-refractivity contribution in [2.75, 3.05) is 18.4 Å². The second-order valence-electron chi connectivity index (χ2n) is 7.59. The highest BCUT2D eigenvalue weighted by atomic mass is 16.2. The lowest BCUT2D eigenvalue weighted by Gasteiger charge is -2.21. The molecule has 2 rings (SSSR count). The van der Waals surface area contributed by atoms with E-state index in [4.69, 9.17) is 0 Å². The lowest BCUT2D eigenvalue weighted by molar-refractivity contribution is -0.129. The molecular formula is C24H32N2O2. The van der Waals surface area contributed by atoms with Gasteiger partial charge in [-0.05, 0) is 42.4 Å². The van der Waals surface area contributed by atoms with Gasteiger partial charge >= 0.3 is 0 Å². The fourth-order valence-corrected chi connectivity index (χ4v) is 3.33. The number of hydrogen-bond donors (Lipinski definition) is 1. The number of benzene rings is 2. The van der Waals surface area contributed by atoms with Crippen molar-refractivity contribution in [3.63, 3.8) is 0 Å². The number of carbonyl (C=O) groups excluding carboxylic acids is 2. The molecule has 0 bridgehead atoms. The summed E-state index contributed by atoms with van der Waals surface area (Å²) in [4.78, 5) is 26.2. The molecule has 0 aliphatic carbocycles. The van der Waals surface area contributed by atoms with Gasteiger partial charge in [0.1, 0.15) is 0 Å². The maximum atomic E-state index is 12.5. The van der Waals surface area contributed by atoms with Gasteiger partial charge in [-0.25, -0.2) is 0 Å². The largest absolute Gasteiger partial charge is 0.342 e. The Labute approximate surface area is 169 Å². The van der Waals surface area contributed by atoms with Crippen LogP contribution < -0.4 is 5.32 Å². The molecule has 0 saturated carbocycles. The maximum absolute atomic E-state index is 12.5. The molecule has 0 fully saturated rings. The van der Waals surface area contributed by atoms with Crippen molar-refractivity contribution >= 4 is 17.5 Å². The Kier molecular flexibility index (Phi) is 8.24. The molecule has 0 heterocycles. The fourth-order valence-electron chi connectivity index (χ4n) is 3.33. The summed E-state index contributed by atoms with van der Waals surface area (Å²) in [5.74, 6) is 0.298. The zero-order valence-corrected chi connectivity index (χ0v) is 17.5. The predicted octanol–water partition coefficient (Wildman–Crippen LogP) is 4.93. The zero-order valence-electron chi connectivity index (χ0n) is 17.5. The van der Waals surface area contributed by atoms with Crippen molar-refractivity contribution in [2.24, 2.45) is 0 Å². The van der Waals surface area contributed by atoms with Crippen LogP contribution in [0, 0.1) is 6.92 Å². The summed E-state index contributed by atoms with van der Waals surface area (Å²) in [7, 11) is 0. The first-order valence-electron chi connectivity index (χ1n) is 10.1. The lowest BCUT2D eigenvalue weighted by Crippen LogP contribution is -2.33. The van der Waals surface area contributed by atoms with E-state index in [0.29, 0.717) is 25.4 Å². The minimum absolute atomic E-state index is 0.0135. The van der Waals surface area contributed by atoms with E-state index in [0.717, 1.165) is 29.7 Å². The van der Waals surface area contributed by atoms with Crippen molar-refractivity contribution in [2.45, 2.75) is 52.9 Å². The molecule has 0 aliphatic heterocycles. The van der Waals surface area contributed by atoms with Crippen LogP contribution in [0.15, 0.2) is 48.5 Å². The van der Waals surface area contributed by atoms with Crippen LogP contribution in [0.2, 0.25) is 0 Å². The van der Waals surface area contributed by atoms with Gasteiger partial charge in [0.15, 0.2) is 0 Å². The molecule has 0 unspecified atom stereocenters. The van der Waals surface area contributed by atoms with Gasteiger partial charge in [-0.2, -0.15) is 0 Å². The summed E-state index contributed by atoms with van der Waals surface area (Å²) in [6.07, 6.45) is 2.12. The molecule has 0 saturated heterocycles. The number of amides is 2. The lowest BCUT2D eigenvalue weighted by atomic mass is 9.98. The Morgan fingerprint density at radius 1 is 1.00 bits per heavy atom. The Morgan fingerprint density at radius 3 is 2.36 bits per heavy atom. The highest BCUT2D eigenvalue weighted by Gasteiger charge is 2.14. The summed E-state index contributed by atoms with van der Waals surface area (Å²) in [6, 6.07) is 16.3. The number of anilines is 1. The number of nitrogens with zero attached hydrogens (tertiary/aromatic N) is 1. The van der Waals surface area contributed by atoms with Crippen molar-refractivity contribution in [3.05, 3.63) is 65.2 Å². The minimum Gasteiger partial charge on any atom is -0.342 e. The van der Waals surface area contributed by atoms with E-state index in [9.17, 15) is 9.59 Å². The van der Waals surface area contributed by atoms with Crippen LogP contribution in [0.3, 0.4) is 0 Å². The SMILES string of the molecule is CC(=O)N(CCCc1ccccc1)CCC(=O)Nc1c(C)cccc1C(C)C. The Morgan fingerprint density at radius 2 is 1.71 bits per heavy atom. The second kappa shape index (κ2) is 10.6. The number of rotatable bonds is 9. The molecule has 0 aromatic heterocycles. The fraction of sp³-hybridized carbons (Fsp3) is 0.417. The molecular weight excluding hydrogens is 348 g/mol. The van der Waals surface area contributed by atoms with Gasteiger partial charge in [0, 0.05) is 32.1 Å². The van der Waals surface area contributed by atoms with Gasteiger partial charge in [-0.15, -0.1) is 0 Å². The number of aryl methyl sites for hydroxylation is 2. The van der Waals surface area contributed by atoms with Crippen LogP contribution in [-0.2, 0) is 16.0 Å². The summed E-state index contributed by atoms with van der Waals surface area (Å²) >= 11 is 0. The molecule has 4 heteroatoms. The monoisotopic (exact) mass is 380 g/mol. The van der Waals surface area contributed by atoms with E-state index in [1.54, 1.807) is 11.8 Å². The summed E-state index contributed by atoms with van der Waals surface area (Å²) in [5.41, 5.74) is 4.37. The first-order chi connectivity index (χ1) is 13.4. The maximum Gasteiger partial charge on any atom is 0.226 e. The molecule has 2 aromatic rings. The number of hydrogen-bond acceptors (Lipinski definition) is 2. The van der Waals surface area contributed by atoms with Gasteiger partial charge in [-0.3, -0.25) is 9.59 Å². The highest BCUT2D eigenvalue weighted by Crippen LogP contribution is 2.27. The molecule has 2 amide bonds. The zero-order chi connectivity index (χ0) is 20.5. The standard InChI is InChI=1S/C24H32N2O2/c1-18(2)22-14-8-10-19(3)24(22)25-23(28)15-17-26(20(4)27)16-9-13-21-11-6-5-7-12-21/h5-8,10-12,14,18H,9,13,15-17H2,1-4H3,(H,25,28). The van der Waals surface area contributed by atoms with Gasteiger partial charge < -0.3 is 10.2 Å². The minimum atomic E-state index is -0.0505. The molecule has 28 heavy (non-hydrogen) atoms. The summed E-state index contributed by atoms with van der Waals surface area (Å²) < 4.78 is 0. The normalized spacial score (nSPS) is 10.8. The van der Waals surface area contributed by atoms with Crippen LogP contribution in [0.4, 0.5) is 5.69 Å². The van der Waals surface area contributed by atoms with Crippen LogP contribution in [0.5, 0.6) is 0 Å². The first kappa shape index (κ1) is 21.7. The number of para-hydroxylation sites is 1. The van der Waals surface area contributed by atoms with Crippen LogP contribution >= 0.6 is 0 Å². The van der Waals surface area contributed by atoms with Crippen molar-refractivity contribution in [1.82, 2.24) is 4.90 Å².